The topological polar surface area (TPSA) is 119 Å². The first kappa shape index (κ1) is 20.0. The SMILES string of the molecule is Cc1ccc(N2C[C@@H](C(=O)OCC(=O)Nc3ccccc3)CC2=O)cc1[N+](=O)[O-]. The van der Waals surface area contributed by atoms with Crippen LogP contribution in [0.4, 0.5) is 17.1 Å². The summed E-state index contributed by atoms with van der Waals surface area (Å²) in [5, 5.41) is 13.7. The molecule has 0 saturated carbocycles. The highest BCUT2D eigenvalue weighted by atomic mass is 16.6. The molecule has 1 heterocycles. The van der Waals surface area contributed by atoms with Crippen LogP contribution in [0, 0.1) is 23.0 Å². The Labute approximate surface area is 166 Å². The van der Waals surface area contributed by atoms with Gasteiger partial charge in [-0.3, -0.25) is 24.5 Å². The largest absolute Gasteiger partial charge is 0.455 e. The molecular formula is C20H19N3O6. The first-order chi connectivity index (χ1) is 13.8. The monoisotopic (exact) mass is 397 g/mol. The van der Waals surface area contributed by atoms with Gasteiger partial charge in [-0.15, -0.1) is 0 Å². The first-order valence-corrected chi connectivity index (χ1v) is 8.92. The van der Waals surface area contributed by atoms with E-state index in [1.54, 1.807) is 49.4 Å². The van der Waals surface area contributed by atoms with Crippen molar-refractivity contribution in [1.82, 2.24) is 0 Å². The van der Waals surface area contributed by atoms with Gasteiger partial charge in [-0.25, -0.2) is 0 Å². The van der Waals surface area contributed by atoms with Gasteiger partial charge < -0.3 is 15.0 Å². The molecule has 2 aromatic rings. The molecule has 0 aliphatic carbocycles. The second kappa shape index (κ2) is 8.51. The summed E-state index contributed by atoms with van der Waals surface area (Å²) in [4.78, 5) is 48.4. The number of aryl methyl sites for hydroxylation is 1. The third kappa shape index (κ3) is 4.75. The van der Waals surface area contributed by atoms with Crippen molar-refractivity contribution in [3.63, 3.8) is 0 Å². The fraction of sp³-hybridized carbons (Fsp3) is 0.250. The summed E-state index contributed by atoms with van der Waals surface area (Å²) in [7, 11) is 0. The maximum absolute atomic E-state index is 12.3. The van der Waals surface area contributed by atoms with Gasteiger partial charge in [0.1, 0.15) is 0 Å². The van der Waals surface area contributed by atoms with Crippen LogP contribution in [0.25, 0.3) is 0 Å². The summed E-state index contributed by atoms with van der Waals surface area (Å²) in [6.07, 6.45) is -0.0825. The normalized spacial score (nSPS) is 15.8. The van der Waals surface area contributed by atoms with Crippen LogP contribution in [-0.4, -0.2) is 35.9 Å². The number of hydrogen-bond acceptors (Lipinski definition) is 6. The van der Waals surface area contributed by atoms with Gasteiger partial charge in [0.2, 0.25) is 5.91 Å². The second-order valence-corrected chi connectivity index (χ2v) is 6.66. The Morgan fingerprint density at radius 2 is 1.97 bits per heavy atom. The van der Waals surface area contributed by atoms with Crippen LogP contribution >= 0.6 is 0 Å². The zero-order valence-electron chi connectivity index (χ0n) is 15.7. The number of nitro benzene ring substituents is 1. The Kier molecular flexibility index (Phi) is 5.87. The van der Waals surface area contributed by atoms with E-state index in [0.29, 0.717) is 16.9 Å². The predicted octanol–water partition coefficient (Wildman–Crippen LogP) is 2.44. The maximum atomic E-state index is 12.3. The molecule has 0 aromatic heterocycles. The lowest BCUT2D eigenvalue weighted by Crippen LogP contribution is -2.28. The highest BCUT2D eigenvalue weighted by Gasteiger charge is 2.37. The number of nitro groups is 1. The molecule has 0 bridgehead atoms. The van der Waals surface area contributed by atoms with Gasteiger partial charge in [0.05, 0.1) is 16.5 Å². The number of para-hydroxylation sites is 1. The standard InChI is InChI=1S/C20H19N3O6/c1-13-7-8-16(10-17(13)23(27)28)22-11-14(9-19(22)25)20(26)29-12-18(24)21-15-5-3-2-4-6-15/h2-8,10,14H,9,11-12H2,1H3,(H,21,24)/t14-/m0/s1. The van der Waals surface area contributed by atoms with E-state index >= 15 is 0 Å². The van der Waals surface area contributed by atoms with E-state index in [-0.39, 0.29) is 24.6 Å². The minimum absolute atomic E-state index is 0.0399. The Balaban J connectivity index is 1.58. The first-order valence-electron chi connectivity index (χ1n) is 8.92. The van der Waals surface area contributed by atoms with E-state index < -0.39 is 29.3 Å². The van der Waals surface area contributed by atoms with E-state index in [9.17, 15) is 24.5 Å². The number of rotatable bonds is 6. The van der Waals surface area contributed by atoms with E-state index in [4.69, 9.17) is 4.74 Å². The molecule has 1 aliphatic rings. The highest BCUT2D eigenvalue weighted by molar-refractivity contribution is 6.00. The van der Waals surface area contributed by atoms with Crippen molar-refractivity contribution >= 4 is 34.8 Å². The fourth-order valence-electron chi connectivity index (χ4n) is 3.05. The number of ether oxygens (including phenoxy) is 1. The summed E-state index contributed by atoms with van der Waals surface area (Å²) in [5.41, 5.74) is 1.31. The van der Waals surface area contributed by atoms with Crippen LogP contribution < -0.4 is 10.2 Å². The Hall–Kier alpha value is -3.75. The summed E-state index contributed by atoms with van der Waals surface area (Å²) in [5.74, 6) is -2.23. The zero-order valence-corrected chi connectivity index (χ0v) is 15.7. The number of amides is 2. The van der Waals surface area contributed by atoms with Crippen molar-refractivity contribution in [3.8, 4) is 0 Å². The van der Waals surface area contributed by atoms with Crippen LogP contribution in [0.1, 0.15) is 12.0 Å². The number of nitrogens with one attached hydrogen (secondary N) is 1. The summed E-state index contributed by atoms with van der Waals surface area (Å²) in [6.45, 7) is 1.18. The number of esters is 1. The van der Waals surface area contributed by atoms with E-state index in [1.165, 1.54) is 11.0 Å². The van der Waals surface area contributed by atoms with Crippen LogP contribution in [0.5, 0.6) is 0 Å². The summed E-state index contributed by atoms with van der Waals surface area (Å²) >= 11 is 0. The molecule has 29 heavy (non-hydrogen) atoms. The number of benzene rings is 2. The Morgan fingerprint density at radius 1 is 1.24 bits per heavy atom. The van der Waals surface area contributed by atoms with E-state index in [2.05, 4.69) is 5.32 Å². The van der Waals surface area contributed by atoms with Crippen molar-refractivity contribution in [2.75, 3.05) is 23.4 Å². The number of anilines is 2. The van der Waals surface area contributed by atoms with Gasteiger partial charge in [0.15, 0.2) is 6.61 Å². The number of nitrogens with zero attached hydrogens (tertiary/aromatic N) is 2. The summed E-state index contributed by atoms with van der Waals surface area (Å²) in [6, 6.07) is 13.2. The van der Waals surface area contributed by atoms with Crippen LogP contribution in [-0.2, 0) is 19.1 Å². The van der Waals surface area contributed by atoms with Gasteiger partial charge in [-0.05, 0) is 25.1 Å². The molecular weight excluding hydrogens is 378 g/mol. The molecule has 1 fully saturated rings. The molecule has 3 rings (SSSR count). The molecule has 0 unspecified atom stereocenters. The van der Waals surface area contributed by atoms with Crippen molar-refractivity contribution in [2.45, 2.75) is 13.3 Å². The van der Waals surface area contributed by atoms with Gasteiger partial charge in [0, 0.05) is 30.3 Å². The van der Waals surface area contributed by atoms with Gasteiger partial charge in [-0.2, -0.15) is 0 Å². The van der Waals surface area contributed by atoms with E-state index in [1.807, 2.05) is 0 Å². The van der Waals surface area contributed by atoms with Crippen molar-refractivity contribution < 1.29 is 24.0 Å². The minimum Gasteiger partial charge on any atom is -0.455 e. The van der Waals surface area contributed by atoms with Crippen LogP contribution in [0.3, 0.4) is 0 Å². The average Bonchev–Trinajstić information content (AvgIpc) is 3.09. The third-order valence-electron chi connectivity index (χ3n) is 4.56. The van der Waals surface area contributed by atoms with Gasteiger partial charge in [0.25, 0.3) is 11.6 Å². The average molecular weight is 397 g/mol. The minimum atomic E-state index is -0.743. The molecule has 1 atom stereocenters. The molecule has 0 spiro atoms. The molecule has 1 N–H and O–H groups in total. The van der Waals surface area contributed by atoms with Crippen molar-refractivity contribution in [2.24, 2.45) is 5.92 Å². The lowest BCUT2D eigenvalue weighted by atomic mass is 10.1. The molecule has 150 valence electrons. The van der Waals surface area contributed by atoms with Crippen molar-refractivity contribution in [3.05, 3.63) is 64.2 Å². The van der Waals surface area contributed by atoms with Gasteiger partial charge >= 0.3 is 5.97 Å². The molecule has 2 aromatic carbocycles. The molecule has 0 radical (unpaired) electrons. The quantitative estimate of drug-likeness (QED) is 0.454. The third-order valence-corrected chi connectivity index (χ3v) is 4.56. The number of carbonyl (C=O) groups is 3. The van der Waals surface area contributed by atoms with Crippen molar-refractivity contribution in [1.29, 1.82) is 0 Å². The van der Waals surface area contributed by atoms with Crippen LogP contribution in [0.15, 0.2) is 48.5 Å². The molecule has 2 amide bonds. The lowest BCUT2D eigenvalue weighted by molar-refractivity contribution is -0.385. The lowest BCUT2D eigenvalue weighted by Gasteiger charge is -2.16. The smallest absolute Gasteiger partial charge is 0.311 e. The fourth-order valence-corrected chi connectivity index (χ4v) is 3.05. The van der Waals surface area contributed by atoms with Crippen LogP contribution in [0.2, 0.25) is 0 Å². The molecule has 1 saturated heterocycles. The maximum Gasteiger partial charge on any atom is 0.311 e. The molecule has 1 aliphatic heterocycles. The number of hydrogen-bond donors (Lipinski definition) is 1. The predicted molar refractivity (Wildman–Crippen MR) is 104 cm³/mol. The van der Waals surface area contributed by atoms with Gasteiger partial charge in [-0.1, -0.05) is 24.3 Å². The van der Waals surface area contributed by atoms with E-state index in [0.717, 1.165) is 0 Å². The second-order valence-electron chi connectivity index (χ2n) is 6.66. The highest BCUT2D eigenvalue weighted by Crippen LogP contribution is 2.30. The molecule has 9 heteroatoms. The zero-order chi connectivity index (χ0) is 21.0. The Bertz CT molecular complexity index is 960. The number of carbonyl (C=O) groups excluding carboxylic acids is 3. The summed E-state index contributed by atoms with van der Waals surface area (Å²) < 4.78 is 5.04. The molecule has 9 nitrogen and oxygen atoms in total. The Morgan fingerprint density at radius 3 is 2.66 bits per heavy atom.